The second kappa shape index (κ2) is 5.52. The lowest BCUT2D eigenvalue weighted by Crippen LogP contribution is -2.23. The van der Waals surface area contributed by atoms with Crippen LogP contribution < -0.4 is 0 Å². The van der Waals surface area contributed by atoms with Gasteiger partial charge in [0.05, 0.1) is 11.7 Å². The van der Waals surface area contributed by atoms with Gasteiger partial charge in [-0.3, -0.25) is 4.98 Å². The molecule has 0 saturated heterocycles. The Balaban J connectivity index is 1.84. The monoisotopic (exact) mass is 304 g/mol. The number of allylic oxidation sites excluding steroid dienone is 2. The number of hydrogen-bond acceptors (Lipinski definition) is 1. The molecule has 118 valence electrons. The van der Waals surface area contributed by atoms with Crippen molar-refractivity contribution in [2.24, 2.45) is 17.8 Å². The summed E-state index contributed by atoms with van der Waals surface area (Å²) >= 11 is 0. The van der Waals surface area contributed by atoms with Crippen molar-refractivity contribution in [2.75, 3.05) is 0 Å². The van der Waals surface area contributed by atoms with Crippen LogP contribution in [0.4, 0.5) is 0 Å². The molecule has 0 fully saturated rings. The third-order valence-corrected chi connectivity index (χ3v) is 5.70. The molecule has 0 radical (unpaired) electrons. The van der Waals surface area contributed by atoms with Gasteiger partial charge in [-0.2, -0.15) is 0 Å². The maximum absolute atomic E-state index is 4.37. The van der Waals surface area contributed by atoms with Crippen molar-refractivity contribution in [3.63, 3.8) is 0 Å². The molecule has 0 bridgehead atoms. The number of para-hydroxylation sites is 1. The average Bonchev–Trinajstić information content (AvgIpc) is 2.87. The third kappa shape index (κ3) is 2.37. The average molecular weight is 304 g/mol. The Morgan fingerprint density at radius 1 is 1.09 bits per heavy atom. The molecule has 0 amide bonds. The van der Waals surface area contributed by atoms with Crippen molar-refractivity contribution in [1.82, 2.24) is 9.55 Å². The number of hydrogen-bond donors (Lipinski definition) is 0. The summed E-state index contributed by atoms with van der Waals surface area (Å²) in [6.45, 7) is 8.08. The molecule has 4 rings (SSSR count). The standard InChI is InChI=1S/C21H24N2/c1-14-10-16(3)17(11-15(14)2)13-23-20-7-5-4-6-18(20)19-8-9-22-12-21(19)23/h4-10,12,14-15,17H,11,13H2,1-3H3/t14?,15?,17-/m0/s1. The summed E-state index contributed by atoms with van der Waals surface area (Å²) in [6.07, 6.45) is 7.67. The Morgan fingerprint density at radius 2 is 1.87 bits per heavy atom. The number of fused-ring (bicyclic) bond motifs is 3. The van der Waals surface area contributed by atoms with E-state index in [1.54, 1.807) is 5.57 Å². The predicted octanol–water partition coefficient (Wildman–Crippen LogP) is 5.43. The SMILES string of the molecule is CC1=CC(C)C(C)C[C@H]1Cn1c2ccccc2c2ccncc21. The highest BCUT2D eigenvalue weighted by molar-refractivity contribution is 6.07. The molecule has 3 aromatic rings. The maximum atomic E-state index is 4.37. The lowest BCUT2D eigenvalue weighted by atomic mass is 9.77. The smallest absolute Gasteiger partial charge is 0.0678 e. The summed E-state index contributed by atoms with van der Waals surface area (Å²) in [5.41, 5.74) is 4.13. The molecule has 0 saturated carbocycles. The Morgan fingerprint density at radius 3 is 2.74 bits per heavy atom. The van der Waals surface area contributed by atoms with Gasteiger partial charge in [-0.1, -0.05) is 43.7 Å². The molecule has 23 heavy (non-hydrogen) atoms. The number of pyridine rings is 1. The second-order valence-electron chi connectivity index (χ2n) is 7.20. The van der Waals surface area contributed by atoms with E-state index in [0.717, 1.165) is 12.5 Å². The number of rotatable bonds is 2. The van der Waals surface area contributed by atoms with Crippen molar-refractivity contribution in [3.05, 3.63) is 54.4 Å². The third-order valence-electron chi connectivity index (χ3n) is 5.70. The van der Waals surface area contributed by atoms with Crippen LogP contribution in [0.1, 0.15) is 27.2 Å². The highest BCUT2D eigenvalue weighted by Gasteiger charge is 2.25. The molecule has 2 heteroatoms. The van der Waals surface area contributed by atoms with Gasteiger partial charge in [-0.05, 0) is 43.2 Å². The molecule has 2 heterocycles. The van der Waals surface area contributed by atoms with Gasteiger partial charge in [0, 0.05) is 29.0 Å². The predicted molar refractivity (Wildman–Crippen MR) is 97.4 cm³/mol. The van der Waals surface area contributed by atoms with Gasteiger partial charge < -0.3 is 4.57 Å². The van der Waals surface area contributed by atoms with E-state index >= 15 is 0 Å². The van der Waals surface area contributed by atoms with Crippen LogP contribution in [0.15, 0.2) is 54.4 Å². The van der Waals surface area contributed by atoms with Crippen LogP contribution in [0.25, 0.3) is 21.8 Å². The van der Waals surface area contributed by atoms with Crippen molar-refractivity contribution in [2.45, 2.75) is 33.7 Å². The zero-order valence-corrected chi connectivity index (χ0v) is 14.2. The lowest BCUT2D eigenvalue weighted by molar-refractivity contribution is 0.317. The van der Waals surface area contributed by atoms with Crippen LogP contribution in [0.3, 0.4) is 0 Å². The largest absolute Gasteiger partial charge is 0.339 e. The van der Waals surface area contributed by atoms with Crippen molar-refractivity contribution in [3.8, 4) is 0 Å². The van der Waals surface area contributed by atoms with E-state index in [1.807, 2.05) is 12.4 Å². The van der Waals surface area contributed by atoms with Gasteiger partial charge in [0.15, 0.2) is 0 Å². The summed E-state index contributed by atoms with van der Waals surface area (Å²) < 4.78 is 2.47. The van der Waals surface area contributed by atoms with E-state index in [0.29, 0.717) is 11.8 Å². The van der Waals surface area contributed by atoms with Gasteiger partial charge in [-0.15, -0.1) is 0 Å². The normalized spacial score (nSPS) is 25.0. The van der Waals surface area contributed by atoms with E-state index in [2.05, 4.69) is 66.7 Å². The summed E-state index contributed by atoms with van der Waals surface area (Å²) in [5, 5.41) is 2.65. The highest BCUT2D eigenvalue weighted by Crippen LogP contribution is 2.36. The molecule has 2 nitrogen and oxygen atoms in total. The summed E-state index contributed by atoms with van der Waals surface area (Å²) in [4.78, 5) is 4.37. The van der Waals surface area contributed by atoms with Crippen LogP contribution >= 0.6 is 0 Å². The summed E-state index contributed by atoms with van der Waals surface area (Å²) in [5.74, 6) is 2.08. The molecular weight excluding hydrogens is 280 g/mol. The number of benzene rings is 1. The topological polar surface area (TPSA) is 17.8 Å². The van der Waals surface area contributed by atoms with E-state index in [-0.39, 0.29) is 0 Å². The second-order valence-corrected chi connectivity index (χ2v) is 7.20. The van der Waals surface area contributed by atoms with Crippen LogP contribution in [0, 0.1) is 17.8 Å². The Bertz CT molecular complexity index is 834. The Hall–Kier alpha value is -2.09. The fourth-order valence-electron chi connectivity index (χ4n) is 4.10. The molecule has 0 spiro atoms. The van der Waals surface area contributed by atoms with Gasteiger partial charge in [0.1, 0.15) is 0 Å². The fourth-order valence-corrected chi connectivity index (χ4v) is 4.10. The van der Waals surface area contributed by atoms with E-state index in [4.69, 9.17) is 0 Å². The molecule has 0 N–H and O–H groups in total. The summed E-state index contributed by atoms with van der Waals surface area (Å²) in [6, 6.07) is 10.9. The summed E-state index contributed by atoms with van der Waals surface area (Å²) in [7, 11) is 0. The molecule has 3 atom stereocenters. The minimum Gasteiger partial charge on any atom is -0.339 e. The van der Waals surface area contributed by atoms with Crippen LogP contribution in [-0.4, -0.2) is 9.55 Å². The van der Waals surface area contributed by atoms with Crippen molar-refractivity contribution < 1.29 is 0 Å². The Kier molecular flexibility index (Phi) is 3.48. The Labute approximate surface area is 137 Å². The fraction of sp³-hybridized carbons (Fsp3) is 0.381. The van der Waals surface area contributed by atoms with Crippen LogP contribution in [0.5, 0.6) is 0 Å². The quantitative estimate of drug-likeness (QED) is 0.577. The van der Waals surface area contributed by atoms with E-state index in [9.17, 15) is 0 Å². The van der Waals surface area contributed by atoms with Gasteiger partial charge in [0.25, 0.3) is 0 Å². The molecule has 1 aliphatic carbocycles. The first-order chi connectivity index (χ1) is 11.1. The molecule has 0 aliphatic heterocycles. The lowest BCUT2D eigenvalue weighted by Gasteiger charge is -2.31. The molecule has 2 unspecified atom stereocenters. The highest BCUT2D eigenvalue weighted by atomic mass is 15.0. The first-order valence-electron chi connectivity index (χ1n) is 8.64. The number of nitrogens with zero attached hydrogens (tertiary/aromatic N) is 2. The van der Waals surface area contributed by atoms with Crippen molar-refractivity contribution >= 4 is 21.8 Å². The molecular formula is C21H24N2. The minimum atomic E-state index is 0.625. The maximum Gasteiger partial charge on any atom is 0.0678 e. The van der Waals surface area contributed by atoms with Gasteiger partial charge >= 0.3 is 0 Å². The van der Waals surface area contributed by atoms with Gasteiger partial charge in [0.2, 0.25) is 0 Å². The number of aromatic nitrogens is 2. The van der Waals surface area contributed by atoms with Crippen molar-refractivity contribution in [1.29, 1.82) is 0 Å². The first-order valence-corrected chi connectivity index (χ1v) is 8.64. The molecule has 1 aromatic carbocycles. The zero-order chi connectivity index (χ0) is 16.0. The van der Waals surface area contributed by atoms with E-state index in [1.165, 1.54) is 28.2 Å². The minimum absolute atomic E-state index is 0.625. The molecule has 2 aromatic heterocycles. The van der Waals surface area contributed by atoms with Crippen LogP contribution in [-0.2, 0) is 6.54 Å². The first kappa shape index (κ1) is 14.5. The van der Waals surface area contributed by atoms with Crippen LogP contribution in [0.2, 0.25) is 0 Å². The van der Waals surface area contributed by atoms with E-state index < -0.39 is 0 Å². The van der Waals surface area contributed by atoms with Gasteiger partial charge in [-0.25, -0.2) is 0 Å². The zero-order valence-electron chi connectivity index (χ0n) is 14.2. The molecule has 1 aliphatic rings.